The number of ether oxygens (including phenoxy) is 2. The molecule has 0 radical (unpaired) electrons. The lowest BCUT2D eigenvalue weighted by Gasteiger charge is -2.24. The van der Waals surface area contributed by atoms with Crippen molar-refractivity contribution in [3.8, 4) is 0 Å². The Hall–Kier alpha value is -3.28. The number of likely N-dealkylation sites (tertiary alicyclic amines) is 1. The van der Waals surface area contributed by atoms with Crippen molar-refractivity contribution in [1.29, 1.82) is 0 Å². The molecule has 1 atom stereocenters. The molecule has 2 aromatic carbocycles. The maximum absolute atomic E-state index is 12.3. The number of hydrogen-bond acceptors (Lipinski definition) is 5. The summed E-state index contributed by atoms with van der Waals surface area (Å²) < 4.78 is 10.4. The fourth-order valence-corrected chi connectivity index (χ4v) is 4.58. The second-order valence-corrected chi connectivity index (χ2v) is 10.0. The molecule has 1 amide bonds. The molecule has 4 rings (SSSR count). The Labute approximate surface area is 201 Å². The minimum atomic E-state index is -0.482. The summed E-state index contributed by atoms with van der Waals surface area (Å²) in [4.78, 5) is 26.1. The van der Waals surface area contributed by atoms with E-state index in [1.54, 1.807) is 4.90 Å². The predicted molar refractivity (Wildman–Crippen MR) is 134 cm³/mol. The van der Waals surface area contributed by atoms with Crippen molar-refractivity contribution >= 4 is 23.3 Å². The molecule has 6 nitrogen and oxygen atoms in total. The number of aryl methyl sites for hydroxylation is 1. The van der Waals surface area contributed by atoms with E-state index < -0.39 is 5.60 Å². The molecule has 0 bridgehead atoms. The third kappa shape index (κ3) is 5.61. The summed E-state index contributed by atoms with van der Waals surface area (Å²) in [5, 5.41) is 3.56. The molecule has 2 aromatic rings. The Bertz CT molecular complexity index is 1080. The van der Waals surface area contributed by atoms with Crippen LogP contribution in [0.2, 0.25) is 0 Å². The van der Waals surface area contributed by atoms with Gasteiger partial charge in [0, 0.05) is 24.8 Å². The molecule has 1 aliphatic heterocycles. The lowest BCUT2D eigenvalue weighted by molar-refractivity contribution is 0.0293. The quantitative estimate of drug-likeness (QED) is 0.594. The molecule has 1 saturated heterocycles. The van der Waals surface area contributed by atoms with Crippen LogP contribution in [0.15, 0.2) is 48.5 Å². The first-order valence-electron chi connectivity index (χ1n) is 12.0. The van der Waals surface area contributed by atoms with Crippen molar-refractivity contribution < 1.29 is 19.1 Å². The number of methoxy groups -OCH3 is 1. The van der Waals surface area contributed by atoms with E-state index in [1.165, 1.54) is 23.8 Å². The van der Waals surface area contributed by atoms with Gasteiger partial charge in [0.05, 0.1) is 12.7 Å². The molecule has 1 aliphatic carbocycles. The summed E-state index contributed by atoms with van der Waals surface area (Å²) in [7, 11) is 1.41. The summed E-state index contributed by atoms with van der Waals surface area (Å²) in [6, 6.07) is 14.5. The Balaban J connectivity index is 1.44. The molecule has 34 heavy (non-hydrogen) atoms. The largest absolute Gasteiger partial charge is 0.465 e. The maximum atomic E-state index is 12.3. The number of anilines is 1. The van der Waals surface area contributed by atoms with Crippen LogP contribution in [0.3, 0.4) is 0 Å². The first-order valence-corrected chi connectivity index (χ1v) is 12.0. The van der Waals surface area contributed by atoms with E-state index in [4.69, 9.17) is 9.47 Å². The van der Waals surface area contributed by atoms with Crippen LogP contribution >= 0.6 is 0 Å². The van der Waals surface area contributed by atoms with E-state index in [1.807, 2.05) is 39.0 Å². The van der Waals surface area contributed by atoms with E-state index in [2.05, 4.69) is 35.7 Å². The first-order chi connectivity index (χ1) is 16.2. The van der Waals surface area contributed by atoms with E-state index in [0.29, 0.717) is 18.7 Å². The average molecular weight is 463 g/mol. The number of benzene rings is 2. The number of amides is 1. The normalized spacial score (nSPS) is 17.9. The summed E-state index contributed by atoms with van der Waals surface area (Å²) in [6.45, 7) is 6.99. The number of nitrogens with zero attached hydrogens (tertiary/aromatic N) is 1. The zero-order chi connectivity index (χ0) is 24.3. The molecule has 1 fully saturated rings. The van der Waals surface area contributed by atoms with Gasteiger partial charge in [-0.05, 0) is 93.0 Å². The number of carbonyl (C=O) groups excluding carboxylic acids is 2. The van der Waals surface area contributed by atoms with Crippen molar-refractivity contribution in [1.82, 2.24) is 4.90 Å². The number of fused-ring (bicyclic) bond motifs is 1. The van der Waals surface area contributed by atoms with Crippen LogP contribution in [-0.2, 0) is 15.9 Å². The molecular weight excluding hydrogens is 428 g/mol. The Morgan fingerprint density at radius 2 is 1.85 bits per heavy atom. The average Bonchev–Trinajstić information content (AvgIpc) is 3.17. The van der Waals surface area contributed by atoms with Gasteiger partial charge in [0.2, 0.25) is 0 Å². The van der Waals surface area contributed by atoms with Crippen LogP contribution in [0, 0.1) is 0 Å². The summed E-state index contributed by atoms with van der Waals surface area (Å²) >= 11 is 0. The SMILES string of the molecule is COC(=O)c1ccc2c(c1)CCCC=C2c1ccc(N[C@H]2CCN(C(=O)OC(C)(C)C)C2)cc1. The summed E-state index contributed by atoms with van der Waals surface area (Å²) in [6.07, 6.45) is 5.93. The number of nitrogens with one attached hydrogen (secondary N) is 1. The highest BCUT2D eigenvalue weighted by Gasteiger charge is 2.29. The molecular formula is C28H34N2O4. The molecule has 180 valence electrons. The summed E-state index contributed by atoms with van der Waals surface area (Å²) in [5.41, 5.74) is 5.87. The van der Waals surface area contributed by atoms with Crippen molar-refractivity contribution in [2.24, 2.45) is 0 Å². The smallest absolute Gasteiger partial charge is 0.410 e. The van der Waals surface area contributed by atoms with Gasteiger partial charge >= 0.3 is 12.1 Å². The second-order valence-electron chi connectivity index (χ2n) is 10.0. The van der Waals surface area contributed by atoms with Crippen molar-refractivity contribution in [3.63, 3.8) is 0 Å². The third-order valence-electron chi connectivity index (χ3n) is 6.22. The van der Waals surface area contributed by atoms with Gasteiger partial charge in [0.15, 0.2) is 0 Å². The van der Waals surface area contributed by atoms with E-state index in [0.717, 1.165) is 36.9 Å². The van der Waals surface area contributed by atoms with Crippen LogP contribution in [-0.4, -0.2) is 48.8 Å². The lowest BCUT2D eigenvalue weighted by Crippen LogP contribution is -2.36. The predicted octanol–water partition coefficient (Wildman–Crippen LogP) is 5.66. The minimum absolute atomic E-state index is 0.202. The van der Waals surface area contributed by atoms with E-state index >= 15 is 0 Å². The van der Waals surface area contributed by atoms with Gasteiger partial charge in [-0.25, -0.2) is 9.59 Å². The molecule has 6 heteroatoms. The van der Waals surface area contributed by atoms with Crippen LogP contribution in [0.5, 0.6) is 0 Å². The highest BCUT2D eigenvalue weighted by molar-refractivity contribution is 5.91. The fraction of sp³-hybridized carbons (Fsp3) is 0.429. The summed E-state index contributed by atoms with van der Waals surface area (Å²) in [5.74, 6) is -0.301. The second kappa shape index (κ2) is 9.92. The molecule has 0 saturated carbocycles. The zero-order valence-electron chi connectivity index (χ0n) is 20.5. The zero-order valence-corrected chi connectivity index (χ0v) is 20.5. The molecule has 2 aliphatic rings. The molecule has 0 unspecified atom stereocenters. The molecule has 0 aromatic heterocycles. The number of hydrogen-bond donors (Lipinski definition) is 1. The van der Waals surface area contributed by atoms with Gasteiger partial charge in [-0.1, -0.05) is 24.3 Å². The number of carbonyl (C=O) groups is 2. The maximum Gasteiger partial charge on any atom is 0.410 e. The number of allylic oxidation sites excluding steroid dienone is 1. The van der Waals surface area contributed by atoms with E-state index in [9.17, 15) is 9.59 Å². The van der Waals surface area contributed by atoms with Crippen LogP contribution in [0.1, 0.15) is 67.1 Å². The lowest BCUT2D eigenvalue weighted by atomic mass is 9.92. The standard InChI is InChI=1S/C28H34N2O4/c1-28(2,3)34-27(32)30-16-15-23(18-30)29-22-12-9-19(10-13-22)24-8-6-5-7-20-17-21(26(31)33-4)11-14-25(20)24/h8-14,17,23,29H,5-7,15-16,18H2,1-4H3/t23-/m0/s1. The fourth-order valence-electron chi connectivity index (χ4n) is 4.58. The van der Waals surface area contributed by atoms with Crippen molar-refractivity contribution in [3.05, 3.63) is 70.8 Å². The minimum Gasteiger partial charge on any atom is -0.465 e. The Morgan fingerprint density at radius 3 is 2.56 bits per heavy atom. The van der Waals surface area contributed by atoms with E-state index in [-0.39, 0.29) is 18.1 Å². The highest BCUT2D eigenvalue weighted by Crippen LogP contribution is 2.32. The highest BCUT2D eigenvalue weighted by atomic mass is 16.6. The Morgan fingerprint density at radius 1 is 1.09 bits per heavy atom. The van der Waals surface area contributed by atoms with Gasteiger partial charge in [-0.15, -0.1) is 0 Å². The van der Waals surface area contributed by atoms with Crippen LogP contribution in [0.4, 0.5) is 10.5 Å². The number of rotatable bonds is 4. The monoisotopic (exact) mass is 462 g/mol. The van der Waals surface area contributed by atoms with Gasteiger partial charge in [0.25, 0.3) is 0 Å². The Kier molecular flexibility index (Phi) is 6.96. The van der Waals surface area contributed by atoms with Crippen LogP contribution in [0.25, 0.3) is 5.57 Å². The van der Waals surface area contributed by atoms with Crippen LogP contribution < -0.4 is 5.32 Å². The topological polar surface area (TPSA) is 67.9 Å². The van der Waals surface area contributed by atoms with Gasteiger partial charge in [-0.2, -0.15) is 0 Å². The molecule has 1 heterocycles. The van der Waals surface area contributed by atoms with Gasteiger partial charge in [-0.3, -0.25) is 0 Å². The molecule has 0 spiro atoms. The van der Waals surface area contributed by atoms with Gasteiger partial charge in [0.1, 0.15) is 5.60 Å². The van der Waals surface area contributed by atoms with Crippen molar-refractivity contribution in [2.75, 3.05) is 25.5 Å². The molecule has 1 N–H and O–H groups in total. The third-order valence-corrected chi connectivity index (χ3v) is 6.22. The first kappa shape index (κ1) is 23.9. The number of esters is 1. The van der Waals surface area contributed by atoms with Gasteiger partial charge < -0.3 is 19.7 Å². The van der Waals surface area contributed by atoms with Crippen molar-refractivity contribution in [2.45, 2.75) is 58.1 Å².